The van der Waals surface area contributed by atoms with E-state index >= 15 is 0 Å². The van der Waals surface area contributed by atoms with Gasteiger partial charge < -0.3 is 10.2 Å². The molecule has 0 aliphatic carbocycles. The second-order valence-corrected chi connectivity index (χ2v) is 2.85. The molecule has 1 aliphatic heterocycles. The second kappa shape index (κ2) is 3.20. The number of rotatable bonds is 1. The van der Waals surface area contributed by atoms with Gasteiger partial charge in [0.05, 0.1) is 11.7 Å². The Morgan fingerprint density at radius 2 is 2.23 bits per heavy atom. The van der Waals surface area contributed by atoms with Gasteiger partial charge in [0.25, 0.3) is 0 Å². The van der Waals surface area contributed by atoms with E-state index in [1.165, 1.54) is 6.42 Å². The Labute approximate surface area is 76.0 Å². The molecule has 1 aromatic rings. The lowest BCUT2D eigenvalue weighted by atomic mass is 10.0. The van der Waals surface area contributed by atoms with Crippen molar-refractivity contribution in [1.82, 2.24) is 0 Å². The van der Waals surface area contributed by atoms with E-state index in [1.54, 1.807) is 24.3 Å². The summed E-state index contributed by atoms with van der Waals surface area (Å²) in [5.74, 6) is 0.882. The molecule has 1 atom stereocenters. The molecular formula is C10H9O3+. The van der Waals surface area contributed by atoms with Crippen LogP contribution in [0.1, 0.15) is 11.7 Å². The van der Waals surface area contributed by atoms with Gasteiger partial charge in [-0.2, -0.15) is 4.42 Å². The molecule has 0 fully saturated rings. The van der Waals surface area contributed by atoms with Gasteiger partial charge in [0.1, 0.15) is 0 Å². The van der Waals surface area contributed by atoms with Crippen LogP contribution in [0.25, 0.3) is 0 Å². The van der Waals surface area contributed by atoms with Crippen molar-refractivity contribution >= 4 is 5.78 Å². The monoisotopic (exact) mass is 177 g/mol. The third-order valence-electron chi connectivity index (χ3n) is 1.96. The second-order valence-electron chi connectivity index (χ2n) is 2.85. The van der Waals surface area contributed by atoms with Gasteiger partial charge in [0.15, 0.2) is 0 Å². The molecule has 3 nitrogen and oxygen atoms in total. The molecule has 13 heavy (non-hydrogen) atoms. The third-order valence-corrected chi connectivity index (χ3v) is 1.96. The largest absolute Gasteiger partial charge is 0.811 e. The topological polar surface area (TPSA) is 54.6 Å². The predicted octanol–water partition coefficient (Wildman–Crippen LogP) is 0.116. The van der Waals surface area contributed by atoms with Crippen molar-refractivity contribution in [3.05, 3.63) is 36.2 Å². The molecule has 2 rings (SSSR count). The summed E-state index contributed by atoms with van der Waals surface area (Å²) in [6.07, 6.45) is 0.467. The fraction of sp³-hybridized carbons (Fsp3) is 0.200. The lowest BCUT2D eigenvalue weighted by Crippen LogP contribution is -2.26. The van der Waals surface area contributed by atoms with E-state index in [0.29, 0.717) is 17.1 Å². The van der Waals surface area contributed by atoms with E-state index in [9.17, 15) is 5.11 Å². The first kappa shape index (κ1) is 8.29. The van der Waals surface area contributed by atoms with E-state index in [0.717, 1.165) is 0 Å². The highest BCUT2D eigenvalue weighted by Crippen LogP contribution is 2.29. The lowest BCUT2D eigenvalue weighted by Gasteiger charge is -2.12. The van der Waals surface area contributed by atoms with Crippen molar-refractivity contribution in [3.8, 4) is 5.75 Å². The number of ketones is 1. The fourth-order valence-corrected chi connectivity index (χ4v) is 1.33. The molecule has 1 heterocycles. The first-order chi connectivity index (χ1) is 6.31. The van der Waals surface area contributed by atoms with Crippen molar-refractivity contribution in [3.63, 3.8) is 0 Å². The minimum atomic E-state index is -0.924. The van der Waals surface area contributed by atoms with Crippen LogP contribution in [0, 0.1) is 6.42 Å². The van der Waals surface area contributed by atoms with Crippen LogP contribution in [0.15, 0.2) is 24.3 Å². The molecular weight excluding hydrogens is 168 g/mol. The lowest BCUT2D eigenvalue weighted by molar-refractivity contribution is -0.431. The Bertz CT molecular complexity index is 344. The normalized spacial score (nSPS) is 20.2. The van der Waals surface area contributed by atoms with E-state index in [1.807, 2.05) is 0 Å². The molecule has 1 aromatic carbocycles. The number of aliphatic hydroxyl groups is 1. The van der Waals surface area contributed by atoms with E-state index in [4.69, 9.17) is 9.53 Å². The maximum Gasteiger partial charge on any atom is 0.500 e. The molecule has 1 aliphatic rings. The van der Waals surface area contributed by atoms with Crippen molar-refractivity contribution < 1.29 is 14.6 Å². The number of carbonyl (C=O) groups excluding carboxylic acids is 1. The van der Waals surface area contributed by atoms with Gasteiger partial charge in [0.2, 0.25) is 13.0 Å². The molecule has 3 heteroatoms. The molecule has 0 saturated carbocycles. The molecule has 1 N–H and O–H groups in total. The minimum absolute atomic E-state index is 0.229. The molecule has 0 amide bonds. The SMILES string of the molecule is [O-]C1[CH+]C(CO)=[O+]c2ccccc21. The summed E-state index contributed by atoms with van der Waals surface area (Å²) in [7, 11) is 0. The third kappa shape index (κ3) is 1.43. The Hall–Kier alpha value is -1.32. The molecule has 0 saturated heterocycles. The highest BCUT2D eigenvalue weighted by Gasteiger charge is 2.34. The number of benzene rings is 1. The average molecular weight is 177 g/mol. The Kier molecular flexibility index (Phi) is 2.04. The zero-order chi connectivity index (χ0) is 9.26. The molecule has 0 aromatic heterocycles. The molecule has 0 radical (unpaired) electrons. The van der Waals surface area contributed by atoms with Crippen LogP contribution in [-0.2, 0) is 4.42 Å². The van der Waals surface area contributed by atoms with Gasteiger partial charge in [-0.1, -0.05) is 12.1 Å². The number of fused-ring (bicyclic) bond motifs is 1. The quantitative estimate of drug-likeness (QED) is 0.489. The maximum absolute atomic E-state index is 11.5. The van der Waals surface area contributed by atoms with Crippen LogP contribution >= 0.6 is 0 Å². The van der Waals surface area contributed by atoms with Crippen LogP contribution in [0.4, 0.5) is 0 Å². The molecule has 66 valence electrons. The van der Waals surface area contributed by atoms with Crippen LogP contribution in [0.5, 0.6) is 5.75 Å². The van der Waals surface area contributed by atoms with Gasteiger partial charge >= 0.3 is 11.5 Å². The van der Waals surface area contributed by atoms with Crippen molar-refractivity contribution in [1.29, 1.82) is 0 Å². The minimum Gasteiger partial charge on any atom is -0.811 e. The van der Waals surface area contributed by atoms with E-state index in [-0.39, 0.29) is 6.61 Å². The number of para-hydroxylation sites is 1. The maximum atomic E-state index is 11.5. The highest BCUT2D eigenvalue weighted by atomic mass is 16.4. The van der Waals surface area contributed by atoms with Gasteiger partial charge in [-0.15, -0.1) is 0 Å². The average Bonchev–Trinajstić information content (AvgIpc) is 2.18. The Morgan fingerprint density at radius 3 is 3.00 bits per heavy atom. The summed E-state index contributed by atoms with van der Waals surface area (Å²) in [5, 5.41) is 20.3. The van der Waals surface area contributed by atoms with Gasteiger partial charge in [-0.25, -0.2) is 0 Å². The zero-order valence-corrected chi connectivity index (χ0v) is 6.93. The number of hydrogen-bond donors (Lipinski definition) is 1. The number of hydrogen-bond acceptors (Lipinski definition) is 2. The first-order valence-corrected chi connectivity index (χ1v) is 4.05. The standard InChI is InChI=1S/C10H9O3/c11-6-7-5-9(12)8-3-1-2-4-10(8)13-7/h1-5,9,11H,6H2/q+1. The summed E-state index contributed by atoms with van der Waals surface area (Å²) in [6.45, 7) is -0.229. The highest BCUT2D eigenvalue weighted by molar-refractivity contribution is 5.90. The van der Waals surface area contributed by atoms with Gasteiger partial charge in [0, 0.05) is 6.07 Å². The first-order valence-electron chi connectivity index (χ1n) is 4.05. The fourth-order valence-electron chi connectivity index (χ4n) is 1.33. The molecule has 0 bridgehead atoms. The smallest absolute Gasteiger partial charge is 0.500 e. The summed E-state index contributed by atoms with van der Waals surface area (Å²) in [5.41, 5.74) is 0.625. The Balaban J connectivity index is 2.46. The van der Waals surface area contributed by atoms with Crippen LogP contribution in [0.3, 0.4) is 0 Å². The van der Waals surface area contributed by atoms with Crippen LogP contribution in [-0.4, -0.2) is 17.5 Å². The summed E-state index contributed by atoms with van der Waals surface area (Å²) in [4.78, 5) is 0. The summed E-state index contributed by atoms with van der Waals surface area (Å²) in [6, 6.07) is 7.05. The molecule has 0 spiro atoms. The van der Waals surface area contributed by atoms with Crippen molar-refractivity contribution in [2.75, 3.05) is 6.61 Å². The van der Waals surface area contributed by atoms with Gasteiger partial charge in [-0.3, -0.25) is 0 Å². The zero-order valence-electron chi connectivity index (χ0n) is 6.93. The number of aliphatic hydroxyl groups excluding tert-OH is 1. The van der Waals surface area contributed by atoms with Crippen LogP contribution < -0.4 is 5.11 Å². The van der Waals surface area contributed by atoms with E-state index < -0.39 is 6.10 Å². The van der Waals surface area contributed by atoms with Crippen molar-refractivity contribution in [2.45, 2.75) is 6.10 Å². The summed E-state index contributed by atoms with van der Waals surface area (Å²) >= 11 is 0. The molecule has 1 unspecified atom stereocenters. The van der Waals surface area contributed by atoms with Crippen LogP contribution in [0.2, 0.25) is 0 Å². The van der Waals surface area contributed by atoms with E-state index in [2.05, 4.69) is 0 Å². The van der Waals surface area contributed by atoms with Gasteiger partial charge in [-0.05, 0) is 6.07 Å². The Morgan fingerprint density at radius 1 is 1.46 bits per heavy atom. The van der Waals surface area contributed by atoms with Crippen molar-refractivity contribution in [2.24, 2.45) is 0 Å². The summed E-state index contributed by atoms with van der Waals surface area (Å²) < 4.78 is 5.26. The predicted molar refractivity (Wildman–Crippen MR) is 45.0 cm³/mol.